The van der Waals surface area contributed by atoms with Crippen LogP contribution in [-0.2, 0) is 11.8 Å². The predicted octanol–water partition coefficient (Wildman–Crippen LogP) is 2.64. The number of aryl methyl sites for hydroxylation is 1. The molecule has 1 aliphatic heterocycles. The molecule has 2 amide bonds. The van der Waals surface area contributed by atoms with Crippen LogP contribution in [0.25, 0.3) is 11.1 Å². The van der Waals surface area contributed by atoms with Gasteiger partial charge in [0.2, 0.25) is 5.78 Å². The Labute approximate surface area is 180 Å². The molecule has 1 fully saturated rings. The van der Waals surface area contributed by atoms with Crippen molar-refractivity contribution in [3.63, 3.8) is 0 Å². The highest BCUT2D eigenvalue weighted by atomic mass is 16.2. The van der Waals surface area contributed by atoms with Crippen molar-refractivity contribution in [3.05, 3.63) is 78.1 Å². The Morgan fingerprint density at radius 3 is 2.23 bits per heavy atom. The Hall–Kier alpha value is -3.74. The highest BCUT2D eigenvalue weighted by molar-refractivity contribution is 6.42. The van der Waals surface area contributed by atoms with Crippen LogP contribution in [0.2, 0.25) is 0 Å². The number of aromatic nitrogens is 2. The Morgan fingerprint density at radius 2 is 1.61 bits per heavy atom. The summed E-state index contributed by atoms with van der Waals surface area (Å²) in [7, 11) is 1.84. The van der Waals surface area contributed by atoms with E-state index in [2.05, 4.69) is 5.10 Å². The van der Waals surface area contributed by atoms with Gasteiger partial charge in [-0.05, 0) is 24.6 Å². The lowest BCUT2D eigenvalue weighted by Gasteiger charge is -2.39. The molecule has 3 aromatic rings. The number of hydrogen-bond donors (Lipinski definition) is 0. The molecule has 2 aromatic carbocycles. The molecule has 7 heteroatoms. The van der Waals surface area contributed by atoms with E-state index in [1.165, 1.54) is 0 Å². The molecule has 31 heavy (non-hydrogen) atoms. The van der Waals surface area contributed by atoms with Gasteiger partial charge in [-0.3, -0.25) is 19.1 Å². The molecule has 1 saturated heterocycles. The molecule has 0 bridgehead atoms. The molecular weight excluding hydrogens is 392 g/mol. The molecule has 1 aromatic heterocycles. The summed E-state index contributed by atoms with van der Waals surface area (Å²) < 4.78 is 1.71. The number of nitrogens with zero attached hydrogens (tertiary/aromatic N) is 4. The van der Waals surface area contributed by atoms with Crippen LogP contribution < -0.4 is 0 Å². The van der Waals surface area contributed by atoms with E-state index in [0.717, 1.165) is 11.1 Å². The molecule has 0 radical (unpaired) electrons. The minimum absolute atomic E-state index is 0.0585. The average molecular weight is 416 g/mol. The monoisotopic (exact) mass is 416 g/mol. The molecule has 1 aliphatic rings. The topological polar surface area (TPSA) is 75.5 Å². The van der Waals surface area contributed by atoms with Crippen molar-refractivity contribution in [1.29, 1.82) is 0 Å². The van der Waals surface area contributed by atoms with E-state index < -0.39 is 11.7 Å². The van der Waals surface area contributed by atoms with Gasteiger partial charge in [-0.1, -0.05) is 42.5 Å². The summed E-state index contributed by atoms with van der Waals surface area (Å²) in [5.41, 5.74) is 2.85. The Balaban J connectivity index is 1.41. The van der Waals surface area contributed by atoms with Gasteiger partial charge in [0.05, 0.1) is 6.20 Å². The van der Waals surface area contributed by atoms with E-state index >= 15 is 0 Å². The lowest BCUT2D eigenvalue weighted by atomic mass is 10.0. The molecule has 158 valence electrons. The summed E-state index contributed by atoms with van der Waals surface area (Å²) in [6, 6.07) is 15.8. The first kappa shape index (κ1) is 20.5. The number of carbonyl (C=O) groups is 3. The first-order chi connectivity index (χ1) is 14.9. The van der Waals surface area contributed by atoms with Crippen LogP contribution in [-0.4, -0.2) is 62.9 Å². The second-order valence-electron chi connectivity index (χ2n) is 7.77. The summed E-state index contributed by atoms with van der Waals surface area (Å²) in [6.45, 7) is 2.99. The number of ketones is 1. The fourth-order valence-electron chi connectivity index (χ4n) is 3.85. The van der Waals surface area contributed by atoms with Gasteiger partial charge < -0.3 is 9.80 Å². The molecule has 4 rings (SSSR count). The van der Waals surface area contributed by atoms with E-state index in [1.54, 1.807) is 44.9 Å². The van der Waals surface area contributed by atoms with Gasteiger partial charge in [0, 0.05) is 55.6 Å². The number of benzene rings is 2. The van der Waals surface area contributed by atoms with Crippen molar-refractivity contribution in [2.75, 3.05) is 19.6 Å². The number of amides is 2. The zero-order valence-corrected chi connectivity index (χ0v) is 17.6. The zero-order valence-electron chi connectivity index (χ0n) is 17.6. The summed E-state index contributed by atoms with van der Waals surface area (Å²) in [6.07, 6.45) is 3.64. The molecule has 0 spiro atoms. The third-order valence-corrected chi connectivity index (χ3v) is 5.58. The fraction of sp³-hybridized carbons (Fsp3) is 0.250. The van der Waals surface area contributed by atoms with E-state index in [1.807, 2.05) is 50.5 Å². The van der Waals surface area contributed by atoms with Gasteiger partial charge >= 0.3 is 0 Å². The second kappa shape index (κ2) is 8.55. The van der Waals surface area contributed by atoms with E-state index in [0.29, 0.717) is 30.8 Å². The van der Waals surface area contributed by atoms with Crippen LogP contribution in [0.15, 0.2) is 67.0 Å². The Kier molecular flexibility index (Phi) is 5.66. The number of piperazine rings is 1. The molecular formula is C24H24N4O3. The third kappa shape index (κ3) is 4.26. The minimum atomic E-state index is -0.535. The standard InChI is InChI=1S/C24H24N4O3/c1-17-15-27(23(30)20-6-4-3-5-7-20)12-13-28(17)24(31)22(29)19-10-8-18(9-11-19)21-14-25-26(2)16-21/h3-11,14,16-17H,12-13,15H2,1-2H3/t17-/m1/s1. The van der Waals surface area contributed by atoms with Crippen LogP contribution in [0, 0.1) is 0 Å². The summed E-state index contributed by atoms with van der Waals surface area (Å²) in [5, 5.41) is 4.15. The number of rotatable bonds is 4. The highest BCUT2D eigenvalue weighted by Gasteiger charge is 2.33. The van der Waals surface area contributed by atoms with Crippen molar-refractivity contribution in [2.24, 2.45) is 7.05 Å². The zero-order chi connectivity index (χ0) is 22.0. The van der Waals surface area contributed by atoms with Gasteiger partial charge in [0.25, 0.3) is 11.8 Å². The molecule has 0 aliphatic carbocycles. The first-order valence-electron chi connectivity index (χ1n) is 10.2. The van der Waals surface area contributed by atoms with Crippen LogP contribution in [0.1, 0.15) is 27.6 Å². The summed E-state index contributed by atoms with van der Waals surface area (Å²) >= 11 is 0. The minimum Gasteiger partial charge on any atom is -0.335 e. The Morgan fingerprint density at radius 1 is 0.903 bits per heavy atom. The Bertz CT molecular complexity index is 1110. The second-order valence-corrected chi connectivity index (χ2v) is 7.77. The summed E-state index contributed by atoms with van der Waals surface area (Å²) in [4.78, 5) is 41.6. The van der Waals surface area contributed by atoms with E-state index in [4.69, 9.17) is 0 Å². The predicted molar refractivity (Wildman–Crippen MR) is 116 cm³/mol. The average Bonchev–Trinajstić information content (AvgIpc) is 3.24. The molecule has 0 saturated carbocycles. The quantitative estimate of drug-likeness (QED) is 0.484. The lowest BCUT2D eigenvalue weighted by molar-refractivity contribution is -0.130. The van der Waals surface area contributed by atoms with Crippen molar-refractivity contribution >= 4 is 17.6 Å². The van der Waals surface area contributed by atoms with E-state index in [-0.39, 0.29) is 11.9 Å². The fourth-order valence-corrected chi connectivity index (χ4v) is 3.85. The number of hydrogen-bond acceptors (Lipinski definition) is 4. The smallest absolute Gasteiger partial charge is 0.295 e. The summed E-state index contributed by atoms with van der Waals surface area (Å²) in [5.74, 6) is -1.13. The molecule has 2 heterocycles. The van der Waals surface area contributed by atoms with Crippen molar-refractivity contribution in [3.8, 4) is 11.1 Å². The molecule has 7 nitrogen and oxygen atoms in total. The van der Waals surface area contributed by atoms with Crippen molar-refractivity contribution < 1.29 is 14.4 Å². The largest absolute Gasteiger partial charge is 0.335 e. The van der Waals surface area contributed by atoms with Crippen molar-refractivity contribution in [1.82, 2.24) is 19.6 Å². The third-order valence-electron chi connectivity index (χ3n) is 5.58. The lowest BCUT2D eigenvalue weighted by Crippen LogP contribution is -2.56. The maximum absolute atomic E-state index is 12.9. The van der Waals surface area contributed by atoms with Crippen LogP contribution in [0.5, 0.6) is 0 Å². The maximum atomic E-state index is 12.9. The van der Waals surface area contributed by atoms with Gasteiger partial charge in [-0.25, -0.2) is 0 Å². The number of Topliss-reactive ketones (excluding diaryl/α,β-unsaturated/α-hetero) is 1. The maximum Gasteiger partial charge on any atom is 0.295 e. The van der Waals surface area contributed by atoms with Gasteiger partial charge in [-0.15, -0.1) is 0 Å². The first-order valence-corrected chi connectivity index (χ1v) is 10.2. The molecule has 0 N–H and O–H groups in total. The normalized spacial score (nSPS) is 16.3. The van der Waals surface area contributed by atoms with Gasteiger partial charge in [-0.2, -0.15) is 5.10 Å². The van der Waals surface area contributed by atoms with Gasteiger partial charge in [0.1, 0.15) is 0 Å². The number of carbonyl (C=O) groups excluding carboxylic acids is 3. The van der Waals surface area contributed by atoms with Crippen molar-refractivity contribution in [2.45, 2.75) is 13.0 Å². The SMILES string of the molecule is C[C@@H]1CN(C(=O)c2ccccc2)CCN1C(=O)C(=O)c1ccc(-c2cnn(C)c2)cc1. The molecule has 1 atom stereocenters. The van der Waals surface area contributed by atoms with Crippen LogP contribution in [0.3, 0.4) is 0 Å². The van der Waals surface area contributed by atoms with E-state index in [9.17, 15) is 14.4 Å². The van der Waals surface area contributed by atoms with Crippen LogP contribution >= 0.6 is 0 Å². The molecule has 0 unspecified atom stereocenters. The van der Waals surface area contributed by atoms with Crippen LogP contribution in [0.4, 0.5) is 0 Å². The highest BCUT2D eigenvalue weighted by Crippen LogP contribution is 2.20. The van der Waals surface area contributed by atoms with Gasteiger partial charge in [0.15, 0.2) is 0 Å².